The van der Waals surface area contributed by atoms with Crippen molar-refractivity contribution in [2.75, 3.05) is 26.2 Å². The van der Waals surface area contributed by atoms with Crippen molar-refractivity contribution >= 4 is 17.4 Å². The molecular formula is C17H19N5OS. The van der Waals surface area contributed by atoms with Gasteiger partial charge in [0.05, 0.1) is 17.3 Å². The van der Waals surface area contributed by atoms with Gasteiger partial charge < -0.3 is 4.90 Å². The van der Waals surface area contributed by atoms with Gasteiger partial charge in [-0.25, -0.2) is 0 Å². The summed E-state index contributed by atoms with van der Waals surface area (Å²) in [7, 11) is 0. The van der Waals surface area contributed by atoms with Gasteiger partial charge in [0.2, 0.25) is 0 Å². The zero-order valence-electron chi connectivity index (χ0n) is 13.8. The second kappa shape index (κ2) is 7.07. The molecule has 1 atom stereocenters. The third-order valence-corrected chi connectivity index (χ3v) is 5.31. The van der Waals surface area contributed by atoms with Gasteiger partial charge in [0.25, 0.3) is 5.91 Å². The number of hydrogen-bond donors (Lipinski definition) is 0. The highest BCUT2D eigenvalue weighted by molar-refractivity contribution is 7.07. The minimum Gasteiger partial charge on any atom is -0.335 e. The van der Waals surface area contributed by atoms with Crippen LogP contribution in [0.15, 0.2) is 24.3 Å². The summed E-state index contributed by atoms with van der Waals surface area (Å²) in [5.74, 6) is 0.0290. The van der Waals surface area contributed by atoms with Gasteiger partial charge >= 0.3 is 0 Å². The van der Waals surface area contributed by atoms with Crippen LogP contribution >= 0.6 is 11.5 Å². The van der Waals surface area contributed by atoms with Gasteiger partial charge in [-0.2, -0.15) is 5.26 Å². The Morgan fingerprint density at radius 2 is 2.08 bits per heavy atom. The average molecular weight is 341 g/mol. The SMILES string of the molecule is Cc1nnsc1C(=O)N1CCN([C@@H](C)c2cccc(C#N)c2)CC1. The van der Waals surface area contributed by atoms with Crippen LogP contribution in [0.3, 0.4) is 0 Å². The molecule has 3 rings (SSSR count). The quantitative estimate of drug-likeness (QED) is 0.856. The molecule has 0 aliphatic carbocycles. The predicted molar refractivity (Wildman–Crippen MR) is 91.7 cm³/mol. The number of carbonyl (C=O) groups is 1. The van der Waals surface area contributed by atoms with E-state index in [2.05, 4.69) is 33.5 Å². The first kappa shape index (κ1) is 16.6. The third kappa shape index (κ3) is 3.30. The fourth-order valence-electron chi connectivity index (χ4n) is 2.96. The molecule has 1 fully saturated rings. The highest BCUT2D eigenvalue weighted by Crippen LogP contribution is 2.23. The Balaban J connectivity index is 1.63. The zero-order chi connectivity index (χ0) is 17.1. The summed E-state index contributed by atoms with van der Waals surface area (Å²) in [6.45, 7) is 6.98. The molecule has 1 aromatic heterocycles. The van der Waals surface area contributed by atoms with Gasteiger partial charge in [-0.3, -0.25) is 9.69 Å². The molecule has 0 radical (unpaired) electrons. The standard InChI is InChI=1S/C17H19N5OS/c1-12-16(24-20-19-12)17(23)22-8-6-21(7-9-22)13(2)15-5-3-4-14(10-15)11-18/h3-5,10,13H,6-9H2,1-2H3/t13-/m0/s1. The van der Waals surface area contributed by atoms with E-state index >= 15 is 0 Å². The molecule has 0 spiro atoms. The third-order valence-electron chi connectivity index (χ3n) is 4.49. The van der Waals surface area contributed by atoms with Crippen molar-refractivity contribution in [3.05, 3.63) is 46.0 Å². The number of carbonyl (C=O) groups excluding carboxylic acids is 1. The lowest BCUT2D eigenvalue weighted by atomic mass is 10.0. The maximum Gasteiger partial charge on any atom is 0.267 e. The summed E-state index contributed by atoms with van der Waals surface area (Å²) < 4.78 is 3.84. The van der Waals surface area contributed by atoms with Gasteiger partial charge in [0.15, 0.2) is 0 Å². The highest BCUT2D eigenvalue weighted by atomic mass is 32.1. The van der Waals surface area contributed by atoms with Crippen LogP contribution in [0.4, 0.5) is 0 Å². The minimum atomic E-state index is 0.0290. The van der Waals surface area contributed by atoms with Crippen molar-refractivity contribution in [2.45, 2.75) is 19.9 Å². The Bertz CT molecular complexity index is 773. The van der Waals surface area contributed by atoms with Crippen molar-refractivity contribution in [2.24, 2.45) is 0 Å². The van der Waals surface area contributed by atoms with Crippen LogP contribution in [0.1, 0.15) is 39.5 Å². The molecule has 2 heterocycles. The number of rotatable bonds is 3. The molecule has 0 saturated carbocycles. The summed E-state index contributed by atoms with van der Waals surface area (Å²) in [5, 5.41) is 13.0. The van der Waals surface area contributed by atoms with E-state index in [1.165, 1.54) is 0 Å². The molecule has 24 heavy (non-hydrogen) atoms. The number of amides is 1. The van der Waals surface area contributed by atoms with E-state index in [-0.39, 0.29) is 11.9 Å². The molecule has 1 aliphatic rings. The molecule has 2 aromatic rings. The zero-order valence-corrected chi connectivity index (χ0v) is 14.6. The Labute approximate surface area is 145 Å². The molecule has 1 aliphatic heterocycles. The molecule has 1 saturated heterocycles. The molecule has 0 bridgehead atoms. The number of aromatic nitrogens is 2. The number of hydrogen-bond acceptors (Lipinski definition) is 6. The van der Waals surface area contributed by atoms with E-state index in [0.717, 1.165) is 30.2 Å². The molecule has 0 N–H and O–H groups in total. The van der Waals surface area contributed by atoms with E-state index in [4.69, 9.17) is 5.26 Å². The molecule has 6 nitrogen and oxygen atoms in total. The van der Waals surface area contributed by atoms with Gasteiger partial charge in [-0.1, -0.05) is 16.6 Å². The van der Waals surface area contributed by atoms with Crippen molar-refractivity contribution in [3.63, 3.8) is 0 Å². The van der Waals surface area contributed by atoms with Gasteiger partial charge in [0, 0.05) is 32.2 Å². The Morgan fingerprint density at radius 3 is 2.71 bits per heavy atom. The molecule has 0 unspecified atom stereocenters. The lowest BCUT2D eigenvalue weighted by Gasteiger charge is -2.38. The largest absolute Gasteiger partial charge is 0.335 e. The summed E-state index contributed by atoms with van der Waals surface area (Å²) >= 11 is 1.16. The van der Waals surface area contributed by atoms with Crippen molar-refractivity contribution in [1.82, 2.24) is 19.4 Å². The molecular weight excluding hydrogens is 322 g/mol. The lowest BCUT2D eigenvalue weighted by Crippen LogP contribution is -2.49. The molecule has 124 valence electrons. The average Bonchev–Trinajstić information content (AvgIpc) is 3.06. The number of nitrogens with zero attached hydrogens (tertiary/aromatic N) is 5. The highest BCUT2D eigenvalue weighted by Gasteiger charge is 2.27. The van der Waals surface area contributed by atoms with Crippen LogP contribution in [0.5, 0.6) is 0 Å². The normalized spacial score (nSPS) is 16.6. The summed E-state index contributed by atoms with van der Waals surface area (Å²) in [4.78, 5) is 17.4. The summed E-state index contributed by atoms with van der Waals surface area (Å²) in [5.41, 5.74) is 2.52. The van der Waals surface area contributed by atoms with E-state index in [9.17, 15) is 4.79 Å². The van der Waals surface area contributed by atoms with Crippen LogP contribution in [0.25, 0.3) is 0 Å². The van der Waals surface area contributed by atoms with Crippen LogP contribution in [0, 0.1) is 18.3 Å². The van der Waals surface area contributed by atoms with Crippen molar-refractivity contribution < 1.29 is 4.79 Å². The van der Waals surface area contributed by atoms with E-state index in [1.54, 1.807) is 0 Å². The van der Waals surface area contributed by atoms with Crippen molar-refractivity contribution in [1.29, 1.82) is 5.26 Å². The number of nitriles is 1. The van der Waals surface area contributed by atoms with Gasteiger partial charge in [-0.15, -0.1) is 5.10 Å². The maximum absolute atomic E-state index is 12.5. The Kier molecular flexibility index (Phi) is 4.88. The smallest absolute Gasteiger partial charge is 0.267 e. The predicted octanol–water partition coefficient (Wildman–Crippen LogP) is 2.24. The second-order valence-electron chi connectivity index (χ2n) is 5.93. The topological polar surface area (TPSA) is 73.1 Å². The molecule has 7 heteroatoms. The first-order valence-corrected chi connectivity index (χ1v) is 8.70. The second-order valence-corrected chi connectivity index (χ2v) is 6.68. The van der Waals surface area contributed by atoms with Crippen LogP contribution in [0.2, 0.25) is 0 Å². The number of benzene rings is 1. The maximum atomic E-state index is 12.5. The first-order chi connectivity index (χ1) is 11.6. The number of piperazine rings is 1. The molecule has 1 aromatic carbocycles. The lowest BCUT2D eigenvalue weighted by molar-refractivity contribution is 0.0586. The minimum absolute atomic E-state index is 0.0290. The van der Waals surface area contributed by atoms with Gasteiger partial charge in [-0.05, 0) is 43.1 Å². The Hall–Kier alpha value is -2.30. The first-order valence-electron chi connectivity index (χ1n) is 7.92. The van der Waals surface area contributed by atoms with Crippen molar-refractivity contribution in [3.8, 4) is 6.07 Å². The summed E-state index contributed by atoms with van der Waals surface area (Å²) in [6.07, 6.45) is 0. The van der Waals surface area contributed by atoms with E-state index in [0.29, 0.717) is 29.2 Å². The van der Waals surface area contributed by atoms with E-state index in [1.807, 2.05) is 30.0 Å². The van der Waals surface area contributed by atoms with Crippen LogP contribution in [-0.2, 0) is 0 Å². The fraction of sp³-hybridized carbons (Fsp3) is 0.412. The monoisotopic (exact) mass is 341 g/mol. The number of aryl methyl sites for hydroxylation is 1. The molecule has 1 amide bonds. The van der Waals surface area contributed by atoms with Crippen LogP contribution in [-0.4, -0.2) is 51.5 Å². The fourth-order valence-corrected chi connectivity index (χ4v) is 3.59. The van der Waals surface area contributed by atoms with Crippen LogP contribution < -0.4 is 0 Å². The Morgan fingerprint density at radius 1 is 1.33 bits per heavy atom. The summed E-state index contributed by atoms with van der Waals surface area (Å²) in [6, 6.07) is 10.1. The van der Waals surface area contributed by atoms with E-state index < -0.39 is 0 Å². The van der Waals surface area contributed by atoms with Gasteiger partial charge in [0.1, 0.15) is 4.88 Å².